The van der Waals surface area contributed by atoms with E-state index in [4.69, 9.17) is 4.74 Å². The molecule has 9 heteroatoms. The van der Waals surface area contributed by atoms with Gasteiger partial charge >= 0.3 is 0 Å². The third kappa shape index (κ3) is 7.21. The molecule has 0 radical (unpaired) electrons. The molecule has 0 unspecified atom stereocenters. The van der Waals surface area contributed by atoms with Crippen molar-refractivity contribution in [3.05, 3.63) is 89.0 Å². The van der Waals surface area contributed by atoms with Crippen molar-refractivity contribution in [2.24, 2.45) is 0 Å². The molecule has 40 heavy (non-hydrogen) atoms. The minimum atomic E-state index is -4.12. The van der Waals surface area contributed by atoms with E-state index in [1.165, 1.54) is 4.90 Å². The Morgan fingerprint density at radius 3 is 2.30 bits per heavy atom. The summed E-state index contributed by atoms with van der Waals surface area (Å²) in [7, 11) is -2.56. The number of amides is 2. The summed E-state index contributed by atoms with van der Waals surface area (Å²) < 4.78 is 34.5. The number of ether oxygens (including phenoxy) is 1. The second-order valence-electron chi connectivity index (χ2n) is 9.88. The largest absolute Gasteiger partial charge is 0.497 e. The Balaban J connectivity index is 2.07. The van der Waals surface area contributed by atoms with Crippen LogP contribution in [0.3, 0.4) is 0 Å². The van der Waals surface area contributed by atoms with Gasteiger partial charge in [0.2, 0.25) is 11.8 Å². The molecule has 1 N–H and O–H groups in total. The van der Waals surface area contributed by atoms with Crippen molar-refractivity contribution in [3.63, 3.8) is 0 Å². The van der Waals surface area contributed by atoms with Gasteiger partial charge in [0.15, 0.2) is 0 Å². The fraction of sp³-hybridized carbons (Fsp3) is 0.355. The highest BCUT2D eigenvalue weighted by Gasteiger charge is 2.33. The zero-order valence-corrected chi connectivity index (χ0v) is 24.9. The first-order valence-electron chi connectivity index (χ1n) is 13.3. The van der Waals surface area contributed by atoms with Gasteiger partial charge in [-0.3, -0.25) is 13.9 Å². The van der Waals surface area contributed by atoms with Crippen LogP contribution < -0.4 is 14.4 Å². The first kappa shape index (κ1) is 30.7. The fourth-order valence-electron chi connectivity index (χ4n) is 4.30. The van der Waals surface area contributed by atoms with Crippen LogP contribution in [-0.2, 0) is 26.2 Å². The van der Waals surface area contributed by atoms with Crippen LogP contribution in [0.25, 0.3) is 0 Å². The average molecular weight is 566 g/mol. The van der Waals surface area contributed by atoms with Gasteiger partial charge in [0, 0.05) is 13.1 Å². The molecule has 1 atom stereocenters. The van der Waals surface area contributed by atoms with Crippen molar-refractivity contribution in [2.75, 3.05) is 24.5 Å². The van der Waals surface area contributed by atoms with Crippen LogP contribution in [0.15, 0.2) is 71.6 Å². The summed E-state index contributed by atoms with van der Waals surface area (Å²) in [5.74, 6) is -0.191. The molecule has 0 aliphatic heterocycles. The highest BCUT2D eigenvalue weighted by Crippen LogP contribution is 2.29. The maximum Gasteiger partial charge on any atom is 0.264 e. The molecular formula is C31H39N3O5S. The Bertz CT molecular complexity index is 1440. The number of benzene rings is 3. The van der Waals surface area contributed by atoms with Crippen molar-refractivity contribution < 1.29 is 22.7 Å². The van der Waals surface area contributed by atoms with E-state index in [1.54, 1.807) is 62.6 Å². The van der Waals surface area contributed by atoms with Crippen molar-refractivity contribution in [1.82, 2.24) is 10.2 Å². The van der Waals surface area contributed by atoms with E-state index in [0.717, 1.165) is 33.0 Å². The lowest BCUT2D eigenvalue weighted by Gasteiger charge is -2.32. The lowest BCUT2D eigenvalue weighted by molar-refractivity contribution is -0.139. The van der Waals surface area contributed by atoms with E-state index < -0.39 is 28.5 Å². The second kappa shape index (κ2) is 13.5. The van der Waals surface area contributed by atoms with Gasteiger partial charge in [0.1, 0.15) is 18.3 Å². The van der Waals surface area contributed by atoms with Gasteiger partial charge in [-0.1, -0.05) is 48.9 Å². The predicted octanol–water partition coefficient (Wildman–Crippen LogP) is 4.76. The molecule has 214 valence electrons. The van der Waals surface area contributed by atoms with Gasteiger partial charge < -0.3 is 15.0 Å². The number of hydrogen-bond acceptors (Lipinski definition) is 5. The summed E-state index contributed by atoms with van der Waals surface area (Å²) in [4.78, 5) is 28.5. The number of methoxy groups -OCH3 is 1. The Labute approximate surface area is 238 Å². The number of rotatable bonds is 12. The highest BCUT2D eigenvalue weighted by molar-refractivity contribution is 7.92. The standard InChI is InChI=1S/C31H39N3O5S/c1-7-18-32-31(36)25(5)33(20-26-11-9-12-27(19-26)39-6)30(35)21-34(29-13-8-10-23(3)24(29)4)40(37,38)28-16-14-22(2)15-17-28/h8-17,19,25H,7,18,20-21H2,1-6H3,(H,32,36)/t25-/m0/s1. The van der Waals surface area contributed by atoms with Crippen molar-refractivity contribution in [1.29, 1.82) is 0 Å². The Hall–Kier alpha value is -3.85. The summed E-state index contributed by atoms with van der Waals surface area (Å²) >= 11 is 0. The van der Waals surface area contributed by atoms with E-state index in [0.29, 0.717) is 18.0 Å². The third-order valence-electron chi connectivity index (χ3n) is 6.94. The Morgan fingerprint density at radius 1 is 0.975 bits per heavy atom. The van der Waals surface area contributed by atoms with Gasteiger partial charge in [-0.05, 0) is 81.1 Å². The third-order valence-corrected chi connectivity index (χ3v) is 8.71. The number of nitrogens with zero attached hydrogens (tertiary/aromatic N) is 2. The molecule has 0 saturated carbocycles. The van der Waals surface area contributed by atoms with E-state index in [2.05, 4.69) is 5.32 Å². The molecule has 0 spiro atoms. The van der Waals surface area contributed by atoms with Crippen LogP contribution in [-0.4, -0.2) is 51.4 Å². The second-order valence-corrected chi connectivity index (χ2v) is 11.7. The van der Waals surface area contributed by atoms with E-state index >= 15 is 0 Å². The quantitative estimate of drug-likeness (QED) is 0.342. The predicted molar refractivity (Wildman–Crippen MR) is 158 cm³/mol. The number of anilines is 1. The summed E-state index contributed by atoms with van der Waals surface area (Å²) in [6.45, 7) is 9.30. The van der Waals surface area contributed by atoms with Crippen LogP contribution in [0, 0.1) is 20.8 Å². The minimum absolute atomic E-state index is 0.0832. The van der Waals surface area contributed by atoms with Gasteiger partial charge in [-0.25, -0.2) is 8.42 Å². The Morgan fingerprint density at radius 2 is 1.65 bits per heavy atom. The number of hydrogen-bond donors (Lipinski definition) is 1. The Kier molecular flexibility index (Phi) is 10.3. The molecule has 0 fully saturated rings. The van der Waals surface area contributed by atoms with Crippen molar-refractivity contribution in [2.45, 2.75) is 58.5 Å². The number of carbonyl (C=O) groups excluding carboxylic acids is 2. The van der Waals surface area contributed by atoms with Crippen LogP contribution in [0.1, 0.15) is 42.5 Å². The van der Waals surface area contributed by atoms with E-state index in [-0.39, 0.29) is 17.3 Å². The summed E-state index contributed by atoms with van der Waals surface area (Å²) in [6.07, 6.45) is 0.748. The number of nitrogens with one attached hydrogen (secondary N) is 1. The first-order valence-corrected chi connectivity index (χ1v) is 14.8. The topological polar surface area (TPSA) is 96.0 Å². The van der Waals surface area contributed by atoms with Gasteiger partial charge in [0.05, 0.1) is 17.7 Å². The molecule has 0 aliphatic carbocycles. The van der Waals surface area contributed by atoms with E-state index in [9.17, 15) is 18.0 Å². The summed E-state index contributed by atoms with van der Waals surface area (Å²) in [6, 6.07) is 18.3. The fourth-order valence-corrected chi connectivity index (χ4v) is 5.77. The van der Waals surface area contributed by atoms with Gasteiger partial charge in [0.25, 0.3) is 10.0 Å². The molecule has 2 amide bonds. The monoisotopic (exact) mass is 565 g/mol. The number of carbonyl (C=O) groups is 2. The van der Waals surface area contributed by atoms with Crippen molar-refractivity contribution >= 4 is 27.5 Å². The smallest absolute Gasteiger partial charge is 0.264 e. The van der Waals surface area contributed by atoms with Crippen LogP contribution in [0.5, 0.6) is 5.75 Å². The van der Waals surface area contributed by atoms with Gasteiger partial charge in [-0.2, -0.15) is 0 Å². The maximum absolute atomic E-state index is 14.0. The molecule has 0 aliphatic rings. The normalized spacial score (nSPS) is 11.9. The zero-order chi connectivity index (χ0) is 29.4. The zero-order valence-electron chi connectivity index (χ0n) is 24.1. The van der Waals surface area contributed by atoms with Crippen LogP contribution in [0.4, 0.5) is 5.69 Å². The molecule has 3 aromatic rings. The SMILES string of the molecule is CCCNC(=O)[C@H](C)N(Cc1cccc(OC)c1)C(=O)CN(c1cccc(C)c1C)S(=O)(=O)c1ccc(C)cc1. The molecule has 3 rings (SSSR count). The van der Waals surface area contributed by atoms with Crippen LogP contribution in [0.2, 0.25) is 0 Å². The molecule has 3 aromatic carbocycles. The molecular weight excluding hydrogens is 526 g/mol. The average Bonchev–Trinajstić information content (AvgIpc) is 2.94. The summed E-state index contributed by atoms with van der Waals surface area (Å²) in [5, 5.41) is 2.85. The maximum atomic E-state index is 14.0. The molecule has 8 nitrogen and oxygen atoms in total. The van der Waals surface area contributed by atoms with Crippen LogP contribution >= 0.6 is 0 Å². The molecule has 0 heterocycles. The number of aryl methyl sites for hydroxylation is 2. The molecule has 0 bridgehead atoms. The van der Waals surface area contributed by atoms with E-state index in [1.807, 2.05) is 45.9 Å². The number of sulfonamides is 1. The first-order chi connectivity index (χ1) is 19.0. The minimum Gasteiger partial charge on any atom is -0.497 e. The lowest BCUT2D eigenvalue weighted by atomic mass is 10.1. The highest BCUT2D eigenvalue weighted by atomic mass is 32.2. The molecule has 0 saturated heterocycles. The lowest BCUT2D eigenvalue weighted by Crippen LogP contribution is -2.51. The van der Waals surface area contributed by atoms with Crippen molar-refractivity contribution in [3.8, 4) is 5.75 Å². The molecule has 0 aromatic heterocycles. The summed E-state index contributed by atoms with van der Waals surface area (Å²) in [5.41, 5.74) is 3.74. The van der Waals surface area contributed by atoms with Gasteiger partial charge in [-0.15, -0.1) is 0 Å².